The molecule has 0 saturated heterocycles. The van der Waals surface area contributed by atoms with Gasteiger partial charge in [-0.05, 0) is 29.5 Å². The number of rotatable bonds is 13. The summed E-state index contributed by atoms with van der Waals surface area (Å²) in [6.45, 7) is 4.12. The maximum absolute atomic E-state index is 11.5. The van der Waals surface area contributed by atoms with Gasteiger partial charge in [-0.3, -0.25) is 4.79 Å². The van der Waals surface area contributed by atoms with Crippen LogP contribution in [0.1, 0.15) is 69.9 Å². The molecule has 1 aliphatic carbocycles. The summed E-state index contributed by atoms with van der Waals surface area (Å²) in [5, 5.41) is 21.1. The molecule has 1 aromatic carbocycles. The van der Waals surface area contributed by atoms with E-state index in [4.69, 9.17) is 9.47 Å². The van der Waals surface area contributed by atoms with Crippen molar-refractivity contribution < 1.29 is 24.5 Å². The number of hydrogen-bond donors (Lipinski definition) is 2. The zero-order valence-electron chi connectivity index (χ0n) is 19.2. The number of methoxy groups -OCH3 is 1. The van der Waals surface area contributed by atoms with E-state index in [9.17, 15) is 15.0 Å². The molecule has 0 amide bonds. The quantitative estimate of drug-likeness (QED) is 0.266. The Balaban J connectivity index is 2.04. The Kier molecular flexibility index (Phi) is 11.0. The average molecular weight is 431 g/mol. The summed E-state index contributed by atoms with van der Waals surface area (Å²) >= 11 is 0. The summed E-state index contributed by atoms with van der Waals surface area (Å²) in [7, 11) is 1.66. The van der Waals surface area contributed by atoms with E-state index in [2.05, 4.69) is 6.92 Å². The van der Waals surface area contributed by atoms with Gasteiger partial charge in [-0.15, -0.1) is 0 Å². The van der Waals surface area contributed by atoms with Gasteiger partial charge in [0.1, 0.15) is 5.76 Å². The predicted molar refractivity (Wildman–Crippen MR) is 122 cm³/mol. The van der Waals surface area contributed by atoms with E-state index in [1.165, 1.54) is 26.2 Å². The molecule has 5 heteroatoms. The second-order valence-electron chi connectivity index (χ2n) is 8.41. The lowest BCUT2D eigenvalue weighted by Crippen LogP contribution is -2.16. The van der Waals surface area contributed by atoms with Gasteiger partial charge in [0.2, 0.25) is 0 Å². The van der Waals surface area contributed by atoms with E-state index in [0.29, 0.717) is 25.2 Å². The monoisotopic (exact) mass is 430 g/mol. The van der Waals surface area contributed by atoms with Crippen molar-refractivity contribution in [2.75, 3.05) is 7.11 Å². The van der Waals surface area contributed by atoms with Crippen molar-refractivity contribution in [3.05, 3.63) is 58.9 Å². The van der Waals surface area contributed by atoms with Crippen LogP contribution in [0.25, 0.3) is 0 Å². The molecule has 0 aliphatic heterocycles. The smallest absolute Gasteiger partial charge is 0.307 e. The van der Waals surface area contributed by atoms with Crippen molar-refractivity contribution >= 4 is 5.97 Å². The number of ether oxygens (including phenoxy) is 2. The molecular formula is C26H38O5. The summed E-state index contributed by atoms with van der Waals surface area (Å²) in [5.41, 5.74) is 3.09. The molecule has 0 spiro atoms. The van der Waals surface area contributed by atoms with Crippen molar-refractivity contribution in [1.82, 2.24) is 0 Å². The normalized spacial score (nSPS) is 19.9. The predicted octanol–water partition coefficient (Wildman–Crippen LogP) is 4.85. The first-order valence-electron chi connectivity index (χ1n) is 11.5. The Morgan fingerprint density at radius 3 is 2.68 bits per heavy atom. The highest BCUT2D eigenvalue weighted by Crippen LogP contribution is 2.37. The molecule has 5 nitrogen and oxygen atoms in total. The van der Waals surface area contributed by atoms with E-state index in [-0.39, 0.29) is 11.9 Å². The fourth-order valence-corrected chi connectivity index (χ4v) is 4.19. The second-order valence-corrected chi connectivity index (χ2v) is 8.41. The number of benzene rings is 1. The number of carbonyl (C=O) groups is 1. The molecule has 1 aromatic rings. The van der Waals surface area contributed by atoms with Crippen molar-refractivity contribution in [2.45, 2.75) is 84.0 Å². The van der Waals surface area contributed by atoms with Crippen LogP contribution in [0, 0.1) is 5.92 Å². The SMILES string of the molecule is CCCCCCCC1=C(OC(C)=O)C[C@@H](O)[C@@H]1/C=C/[C@@H](O)Cc1cccc(COC)c1. The number of aliphatic hydroxyl groups is 2. The van der Waals surface area contributed by atoms with Crippen LogP contribution >= 0.6 is 0 Å². The first-order chi connectivity index (χ1) is 14.9. The molecule has 1 aliphatic rings. The van der Waals surface area contributed by atoms with Gasteiger partial charge in [0, 0.05) is 32.8 Å². The molecule has 0 bridgehead atoms. The van der Waals surface area contributed by atoms with Crippen LogP contribution in [-0.4, -0.2) is 35.5 Å². The van der Waals surface area contributed by atoms with Crippen LogP contribution in [-0.2, 0) is 27.3 Å². The molecule has 31 heavy (non-hydrogen) atoms. The third-order valence-corrected chi connectivity index (χ3v) is 5.67. The Hall–Kier alpha value is -1.95. The zero-order chi connectivity index (χ0) is 22.6. The van der Waals surface area contributed by atoms with Crippen LogP contribution in [0.3, 0.4) is 0 Å². The summed E-state index contributed by atoms with van der Waals surface area (Å²) < 4.78 is 10.6. The fourth-order valence-electron chi connectivity index (χ4n) is 4.19. The number of hydrogen-bond acceptors (Lipinski definition) is 5. The van der Waals surface area contributed by atoms with Gasteiger partial charge in [-0.2, -0.15) is 0 Å². The maximum atomic E-state index is 11.5. The number of unbranched alkanes of at least 4 members (excludes halogenated alkanes) is 4. The molecule has 172 valence electrons. The minimum absolute atomic E-state index is 0.227. The van der Waals surface area contributed by atoms with Crippen molar-refractivity contribution in [3.8, 4) is 0 Å². The van der Waals surface area contributed by atoms with Crippen LogP contribution in [0.4, 0.5) is 0 Å². The molecule has 0 fully saturated rings. The fraction of sp³-hybridized carbons (Fsp3) is 0.577. The van der Waals surface area contributed by atoms with E-state index >= 15 is 0 Å². The minimum Gasteiger partial charge on any atom is -0.431 e. The largest absolute Gasteiger partial charge is 0.431 e. The third kappa shape index (κ3) is 8.60. The van der Waals surface area contributed by atoms with E-state index < -0.39 is 12.2 Å². The Morgan fingerprint density at radius 1 is 1.23 bits per heavy atom. The lowest BCUT2D eigenvalue weighted by Gasteiger charge is -2.16. The summed E-state index contributed by atoms with van der Waals surface area (Å²) in [5.74, 6) is 0.0215. The van der Waals surface area contributed by atoms with Gasteiger partial charge >= 0.3 is 5.97 Å². The van der Waals surface area contributed by atoms with Gasteiger partial charge < -0.3 is 19.7 Å². The molecule has 3 atom stereocenters. The maximum Gasteiger partial charge on any atom is 0.307 e. The van der Waals surface area contributed by atoms with Gasteiger partial charge in [-0.25, -0.2) is 0 Å². The van der Waals surface area contributed by atoms with Gasteiger partial charge in [0.05, 0.1) is 18.8 Å². The lowest BCUT2D eigenvalue weighted by molar-refractivity contribution is -0.137. The van der Waals surface area contributed by atoms with Crippen molar-refractivity contribution in [3.63, 3.8) is 0 Å². The number of aliphatic hydroxyl groups excluding tert-OH is 2. The van der Waals surface area contributed by atoms with Crippen LogP contribution in [0.15, 0.2) is 47.7 Å². The second kappa shape index (κ2) is 13.5. The average Bonchev–Trinajstić information content (AvgIpc) is 3.00. The third-order valence-electron chi connectivity index (χ3n) is 5.67. The highest BCUT2D eigenvalue weighted by Gasteiger charge is 2.33. The van der Waals surface area contributed by atoms with Gasteiger partial charge in [-0.1, -0.05) is 69.0 Å². The van der Waals surface area contributed by atoms with Gasteiger partial charge in [0.15, 0.2) is 0 Å². The van der Waals surface area contributed by atoms with E-state index in [1.54, 1.807) is 13.2 Å². The Bertz CT molecular complexity index is 752. The summed E-state index contributed by atoms with van der Waals surface area (Å²) in [4.78, 5) is 11.5. The summed E-state index contributed by atoms with van der Waals surface area (Å²) in [6, 6.07) is 7.98. The molecule has 0 heterocycles. The van der Waals surface area contributed by atoms with Crippen molar-refractivity contribution in [2.24, 2.45) is 5.92 Å². The summed E-state index contributed by atoms with van der Waals surface area (Å²) in [6.07, 6.45) is 9.71. The molecule has 2 rings (SSSR count). The minimum atomic E-state index is -0.659. The van der Waals surface area contributed by atoms with E-state index in [0.717, 1.165) is 36.0 Å². The van der Waals surface area contributed by atoms with E-state index in [1.807, 2.05) is 30.3 Å². The van der Waals surface area contributed by atoms with Crippen LogP contribution < -0.4 is 0 Å². The van der Waals surface area contributed by atoms with Crippen molar-refractivity contribution in [1.29, 1.82) is 0 Å². The first-order valence-corrected chi connectivity index (χ1v) is 11.5. The topological polar surface area (TPSA) is 76.0 Å². The number of carbonyl (C=O) groups excluding carboxylic acids is 1. The highest BCUT2D eigenvalue weighted by molar-refractivity contribution is 5.67. The Morgan fingerprint density at radius 2 is 1.97 bits per heavy atom. The molecule has 2 N–H and O–H groups in total. The molecule has 0 saturated carbocycles. The molecule has 0 radical (unpaired) electrons. The van der Waals surface area contributed by atoms with Crippen LogP contribution in [0.5, 0.6) is 0 Å². The Labute approximate surface area is 186 Å². The molecule has 0 aromatic heterocycles. The van der Waals surface area contributed by atoms with Gasteiger partial charge in [0.25, 0.3) is 0 Å². The molecule has 0 unspecified atom stereocenters. The highest BCUT2D eigenvalue weighted by atomic mass is 16.5. The lowest BCUT2D eigenvalue weighted by atomic mass is 9.93. The zero-order valence-corrected chi connectivity index (χ0v) is 19.2. The standard InChI is InChI=1S/C26H38O5/c1-4-5-6-7-8-12-24-23(25(29)17-26(24)31-19(2)27)14-13-22(28)16-20-10-9-11-21(15-20)18-30-3/h9-11,13-15,22-23,25,28-29H,4-8,12,16-18H2,1-3H3/b14-13+/t22-,23-,25-/m1/s1. The molecular weight excluding hydrogens is 392 g/mol. The van der Waals surface area contributed by atoms with Crippen LogP contribution in [0.2, 0.25) is 0 Å². The first kappa shape index (κ1) is 25.3. The number of esters is 1.